The summed E-state index contributed by atoms with van der Waals surface area (Å²) in [7, 11) is 1.60. The molecule has 1 saturated heterocycles. The predicted molar refractivity (Wildman–Crippen MR) is 71.5 cm³/mol. The lowest BCUT2D eigenvalue weighted by molar-refractivity contribution is 0.0941. The zero-order chi connectivity index (χ0) is 13.2. The summed E-state index contributed by atoms with van der Waals surface area (Å²) in [4.78, 5) is 12.2. The van der Waals surface area contributed by atoms with E-state index >= 15 is 0 Å². The minimum absolute atomic E-state index is 0.0855. The number of carbonyl (C=O) groups is 1. The van der Waals surface area contributed by atoms with Gasteiger partial charge in [-0.05, 0) is 25.1 Å². The van der Waals surface area contributed by atoms with Gasteiger partial charge in [-0.25, -0.2) is 0 Å². The van der Waals surface area contributed by atoms with Crippen molar-refractivity contribution in [2.24, 2.45) is 0 Å². The number of ether oxygens (including phenoxy) is 1. The normalized spacial score (nSPS) is 18.7. The Bertz CT molecular complexity index is 600. The van der Waals surface area contributed by atoms with Crippen LogP contribution in [0.2, 0.25) is 0 Å². The maximum Gasteiger partial charge on any atom is 0.255 e. The van der Waals surface area contributed by atoms with Crippen LogP contribution in [0.15, 0.2) is 28.9 Å². The lowest BCUT2D eigenvalue weighted by Gasteiger charge is -2.10. The molecule has 0 spiro atoms. The fourth-order valence-electron chi connectivity index (χ4n) is 2.35. The monoisotopic (exact) mass is 260 g/mol. The SMILES string of the molecule is COc1ccc2c(C(=O)NC3CCNC3)coc2c1. The summed E-state index contributed by atoms with van der Waals surface area (Å²) < 4.78 is 10.6. The lowest BCUT2D eigenvalue weighted by atomic mass is 10.1. The maximum atomic E-state index is 12.2. The number of hydrogen-bond donors (Lipinski definition) is 2. The zero-order valence-electron chi connectivity index (χ0n) is 10.7. The van der Waals surface area contributed by atoms with Gasteiger partial charge in [0.1, 0.15) is 17.6 Å². The zero-order valence-corrected chi connectivity index (χ0v) is 10.7. The topological polar surface area (TPSA) is 63.5 Å². The molecule has 1 aromatic carbocycles. The molecule has 0 bridgehead atoms. The number of carbonyl (C=O) groups excluding carboxylic acids is 1. The first-order valence-electron chi connectivity index (χ1n) is 6.35. The molecule has 1 aliphatic heterocycles. The molecule has 1 unspecified atom stereocenters. The van der Waals surface area contributed by atoms with Crippen molar-refractivity contribution in [2.75, 3.05) is 20.2 Å². The van der Waals surface area contributed by atoms with Crippen molar-refractivity contribution in [1.82, 2.24) is 10.6 Å². The van der Waals surface area contributed by atoms with Crippen molar-refractivity contribution in [3.05, 3.63) is 30.0 Å². The van der Waals surface area contributed by atoms with Gasteiger partial charge in [0.25, 0.3) is 5.91 Å². The van der Waals surface area contributed by atoms with Crippen LogP contribution in [0.3, 0.4) is 0 Å². The molecule has 5 heteroatoms. The average molecular weight is 260 g/mol. The first-order valence-corrected chi connectivity index (χ1v) is 6.35. The van der Waals surface area contributed by atoms with E-state index in [1.807, 2.05) is 12.1 Å². The van der Waals surface area contributed by atoms with Crippen LogP contribution < -0.4 is 15.4 Å². The highest BCUT2D eigenvalue weighted by Crippen LogP contribution is 2.25. The highest BCUT2D eigenvalue weighted by atomic mass is 16.5. The summed E-state index contributed by atoms with van der Waals surface area (Å²) in [5.74, 6) is 0.631. The minimum atomic E-state index is -0.0855. The number of benzene rings is 1. The molecule has 2 heterocycles. The molecular weight excluding hydrogens is 244 g/mol. The van der Waals surface area contributed by atoms with Gasteiger partial charge in [0, 0.05) is 24.0 Å². The molecule has 1 amide bonds. The van der Waals surface area contributed by atoms with Gasteiger partial charge in [0.05, 0.1) is 12.7 Å². The van der Waals surface area contributed by atoms with E-state index in [1.165, 1.54) is 6.26 Å². The Kier molecular flexibility index (Phi) is 3.13. The molecular formula is C14H16N2O3. The Labute approximate surface area is 110 Å². The van der Waals surface area contributed by atoms with Gasteiger partial charge in [-0.1, -0.05) is 0 Å². The molecule has 0 aliphatic carbocycles. The highest BCUT2D eigenvalue weighted by Gasteiger charge is 2.20. The molecule has 1 fully saturated rings. The van der Waals surface area contributed by atoms with E-state index in [0.717, 1.165) is 24.9 Å². The summed E-state index contributed by atoms with van der Waals surface area (Å²) in [5.41, 5.74) is 1.23. The number of amides is 1. The molecule has 0 saturated carbocycles. The first kappa shape index (κ1) is 12.0. The summed E-state index contributed by atoms with van der Waals surface area (Å²) in [5, 5.41) is 7.04. The molecule has 5 nitrogen and oxygen atoms in total. The number of nitrogens with one attached hydrogen (secondary N) is 2. The molecule has 1 aliphatic rings. The third kappa shape index (κ3) is 2.29. The number of furan rings is 1. The van der Waals surface area contributed by atoms with Crippen molar-refractivity contribution in [3.63, 3.8) is 0 Å². The average Bonchev–Trinajstić information content (AvgIpc) is 3.06. The van der Waals surface area contributed by atoms with Crippen molar-refractivity contribution < 1.29 is 13.9 Å². The van der Waals surface area contributed by atoms with Crippen molar-refractivity contribution in [2.45, 2.75) is 12.5 Å². The van der Waals surface area contributed by atoms with Gasteiger partial charge in [0.2, 0.25) is 0 Å². The second-order valence-corrected chi connectivity index (χ2v) is 4.67. The second-order valence-electron chi connectivity index (χ2n) is 4.67. The van der Waals surface area contributed by atoms with Crippen molar-refractivity contribution in [1.29, 1.82) is 0 Å². The minimum Gasteiger partial charge on any atom is -0.497 e. The fourth-order valence-corrected chi connectivity index (χ4v) is 2.35. The molecule has 100 valence electrons. The molecule has 3 rings (SSSR count). The molecule has 2 N–H and O–H groups in total. The Morgan fingerprint density at radius 3 is 3.16 bits per heavy atom. The smallest absolute Gasteiger partial charge is 0.255 e. The van der Waals surface area contributed by atoms with Crippen LogP contribution in [-0.2, 0) is 0 Å². The van der Waals surface area contributed by atoms with Gasteiger partial charge >= 0.3 is 0 Å². The summed E-state index contributed by atoms with van der Waals surface area (Å²) >= 11 is 0. The van der Waals surface area contributed by atoms with Gasteiger partial charge in [-0.2, -0.15) is 0 Å². The standard InChI is InChI=1S/C14H16N2O3/c1-18-10-2-3-11-12(8-19-13(11)6-10)14(17)16-9-4-5-15-7-9/h2-3,6,8-9,15H,4-5,7H2,1H3,(H,16,17). The van der Waals surface area contributed by atoms with Crippen LogP contribution in [0.1, 0.15) is 16.8 Å². The third-order valence-electron chi connectivity index (χ3n) is 3.42. The van der Waals surface area contributed by atoms with E-state index in [-0.39, 0.29) is 11.9 Å². The Balaban J connectivity index is 1.85. The number of methoxy groups -OCH3 is 1. The van der Waals surface area contributed by atoms with Gasteiger partial charge < -0.3 is 19.8 Å². The Morgan fingerprint density at radius 1 is 1.53 bits per heavy atom. The van der Waals surface area contributed by atoms with Gasteiger partial charge in [-0.15, -0.1) is 0 Å². The van der Waals surface area contributed by atoms with Gasteiger partial charge in [-0.3, -0.25) is 4.79 Å². The molecule has 1 aromatic heterocycles. The lowest BCUT2D eigenvalue weighted by Crippen LogP contribution is -2.36. The van der Waals surface area contributed by atoms with E-state index in [2.05, 4.69) is 10.6 Å². The van der Waals surface area contributed by atoms with Gasteiger partial charge in [0.15, 0.2) is 0 Å². The first-order chi connectivity index (χ1) is 9.28. The van der Waals surface area contributed by atoms with E-state index in [1.54, 1.807) is 13.2 Å². The predicted octanol–water partition coefficient (Wildman–Crippen LogP) is 1.53. The van der Waals surface area contributed by atoms with Crippen molar-refractivity contribution in [3.8, 4) is 5.75 Å². The van der Waals surface area contributed by atoms with E-state index < -0.39 is 0 Å². The van der Waals surface area contributed by atoms with Crippen LogP contribution >= 0.6 is 0 Å². The molecule has 0 radical (unpaired) electrons. The largest absolute Gasteiger partial charge is 0.497 e. The van der Waals surface area contributed by atoms with E-state index in [4.69, 9.17) is 9.15 Å². The van der Waals surface area contributed by atoms with Crippen LogP contribution in [0, 0.1) is 0 Å². The van der Waals surface area contributed by atoms with Crippen LogP contribution in [0.4, 0.5) is 0 Å². The Hall–Kier alpha value is -2.01. The molecule has 2 aromatic rings. The second kappa shape index (κ2) is 4.93. The fraction of sp³-hybridized carbons (Fsp3) is 0.357. The van der Waals surface area contributed by atoms with Crippen LogP contribution in [0.25, 0.3) is 11.0 Å². The van der Waals surface area contributed by atoms with Crippen LogP contribution in [0.5, 0.6) is 5.75 Å². The number of rotatable bonds is 3. The number of fused-ring (bicyclic) bond motifs is 1. The number of hydrogen-bond acceptors (Lipinski definition) is 4. The van der Waals surface area contributed by atoms with Crippen LogP contribution in [-0.4, -0.2) is 32.1 Å². The maximum absolute atomic E-state index is 12.2. The Morgan fingerprint density at radius 2 is 2.42 bits per heavy atom. The molecule has 1 atom stereocenters. The highest BCUT2D eigenvalue weighted by molar-refractivity contribution is 6.06. The van der Waals surface area contributed by atoms with E-state index in [9.17, 15) is 4.79 Å². The molecule has 19 heavy (non-hydrogen) atoms. The summed E-state index contributed by atoms with van der Waals surface area (Å²) in [6, 6.07) is 5.66. The van der Waals surface area contributed by atoms with Crippen molar-refractivity contribution >= 4 is 16.9 Å². The summed E-state index contributed by atoms with van der Waals surface area (Å²) in [6.07, 6.45) is 2.47. The van der Waals surface area contributed by atoms with E-state index in [0.29, 0.717) is 16.9 Å². The summed E-state index contributed by atoms with van der Waals surface area (Å²) in [6.45, 7) is 1.78. The third-order valence-corrected chi connectivity index (χ3v) is 3.42. The quantitative estimate of drug-likeness (QED) is 0.878.